The van der Waals surface area contributed by atoms with Gasteiger partial charge in [-0.2, -0.15) is 0 Å². The molecule has 0 saturated heterocycles. The molecule has 0 spiro atoms. The van der Waals surface area contributed by atoms with Crippen molar-refractivity contribution in [3.05, 3.63) is 35.4 Å². The van der Waals surface area contributed by atoms with Crippen molar-refractivity contribution in [2.75, 3.05) is 19.6 Å². The second kappa shape index (κ2) is 8.88. The standard InChI is InChI=1S/C20H32N4O/c1-5-21-19(23-13-12-22-18(25)16-8-9-16)24-14-15-6-10-17(11-7-15)20(2,3)4/h6-7,10-11,16H,5,8-9,12-14H2,1-4H3,(H,22,25)(H2,21,23,24). The van der Waals surface area contributed by atoms with E-state index in [2.05, 4.69) is 66.0 Å². The van der Waals surface area contributed by atoms with Crippen molar-refractivity contribution in [3.63, 3.8) is 0 Å². The van der Waals surface area contributed by atoms with Crippen LogP contribution < -0.4 is 16.0 Å². The van der Waals surface area contributed by atoms with E-state index in [-0.39, 0.29) is 17.2 Å². The van der Waals surface area contributed by atoms with Gasteiger partial charge in [-0.1, -0.05) is 45.0 Å². The number of rotatable bonds is 7. The normalized spacial score (nSPS) is 15.0. The Morgan fingerprint density at radius 2 is 1.72 bits per heavy atom. The molecule has 138 valence electrons. The lowest BCUT2D eigenvalue weighted by molar-refractivity contribution is -0.122. The topological polar surface area (TPSA) is 65.5 Å². The zero-order valence-electron chi connectivity index (χ0n) is 16.0. The molecule has 1 amide bonds. The third kappa shape index (κ3) is 6.77. The van der Waals surface area contributed by atoms with Crippen LogP contribution in [-0.2, 0) is 16.8 Å². The van der Waals surface area contributed by atoms with Crippen LogP contribution in [0.15, 0.2) is 29.3 Å². The molecule has 3 N–H and O–H groups in total. The maximum absolute atomic E-state index is 11.6. The molecule has 2 rings (SSSR count). The van der Waals surface area contributed by atoms with Crippen LogP contribution in [0.5, 0.6) is 0 Å². The first-order chi connectivity index (χ1) is 11.9. The molecule has 0 unspecified atom stereocenters. The summed E-state index contributed by atoms with van der Waals surface area (Å²) in [7, 11) is 0. The van der Waals surface area contributed by atoms with Gasteiger partial charge in [-0.25, -0.2) is 4.99 Å². The lowest BCUT2D eigenvalue weighted by Crippen LogP contribution is -2.41. The van der Waals surface area contributed by atoms with Gasteiger partial charge in [-0.05, 0) is 36.3 Å². The predicted octanol–water partition coefficient (Wildman–Crippen LogP) is 2.57. The summed E-state index contributed by atoms with van der Waals surface area (Å²) < 4.78 is 0. The molecular formula is C20H32N4O. The lowest BCUT2D eigenvalue weighted by Gasteiger charge is -2.19. The number of aliphatic imine (C=N–C) groups is 1. The van der Waals surface area contributed by atoms with Crippen LogP contribution in [0.1, 0.15) is 51.7 Å². The van der Waals surface area contributed by atoms with Crippen molar-refractivity contribution in [1.82, 2.24) is 16.0 Å². The fourth-order valence-corrected chi connectivity index (χ4v) is 2.48. The second-order valence-electron chi connectivity index (χ2n) is 7.63. The minimum absolute atomic E-state index is 0.170. The SMILES string of the molecule is CCNC(=NCc1ccc(C(C)(C)C)cc1)NCCNC(=O)C1CC1. The molecule has 1 aromatic rings. The fraction of sp³-hybridized carbons (Fsp3) is 0.600. The molecule has 1 saturated carbocycles. The van der Waals surface area contributed by atoms with Gasteiger partial charge in [0.25, 0.3) is 0 Å². The Kier molecular flexibility index (Phi) is 6.85. The van der Waals surface area contributed by atoms with Crippen LogP contribution in [0, 0.1) is 5.92 Å². The third-order valence-electron chi connectivity index (χ3n) is 4.25. The van der Waals surface area contributed by atoms with Gasteiger partial charge in [-0.15, -0.1) is 0 Å². The van der Waals surface area contributed by atoms with Gasteiger partial charge in [0, 0.05) is 25.6 Å². The van der Waals surface area contributed by atoms with E-state index in [0.717, 1.165) is 25.3 Å². The zero-order valence-corrected chi connectivity index (χ0v) is 16.0. The van der Waals surface area contributed by atoms with Crippen LogP contribution >= 0.6 is 0 Å². The molecule has 0 aliphatic heterocycles. The van der Waals surface area contributed by atoms with Crippen molar-refractivity contribution in [3.8, 4) is 0 Å². The lowest BCUT2D eigenvalue weighted by atomic mass is 9.87. The predicted molar refractivity (Wildman–Crippen MR) is 104 cm³/mol. The van der Waals surface area contributed by atoms with Crippen molar-refractivity contribution in [2.45, 2.75) is 52.5 Å². The number of hydrogen-bond acceptors (Lipinski definition) is 2. The molecule has 1 fully saturated rings. The Morgan fingerprint density at radius 3 is 2.28 bits per heavy atom. The monoisotopic (exact) mass is 344 g/mol. The van der Waals surface area contributed by atoms with Gasteiger partial charge < -0.3 is 16.0 Å². The highest BCUT2D eigenvalue weighted by Crippen LogP contribution is 2.28. The Balaban J connectivity index is 1.80. The van der Waals surface area contributed by atoms with Crippen molar-refractivity contribution in [1.29, 1.82) is 0 Å². The molecule has 1 aliphatic rings. The number of carbonyl (C=O) groups excluding carboxylic acids is 1. The molecule has 0 radical (unpaired) electrons. The maximum Gasteiger partial charge on any atom is 0.223 e. The summed E-state index contributed by atoms with van der Waals surface area (Å²) in [5, 5.41) is 9.46. The fourth-order valence-electron chi connectivity index (χ4n) is 2.48. The number of carbonyl (C=O) groups is 1. The summed E-state index contributed by atoms with van der Waals surface area (Å²) in [4.78, 5) is 16.2. The van der Waals surface area contributed by atoms with Crippen LogP contribution in [0.2, 0.25) is 0 Å². The van der Waals surface area contributed by atoms with Gasteiger partial charge in [-0.3, -0.25) is 4.79 Å². The van der Waals surface area contributed by atoms with E-state index in [9.17, 15) is 4.79 Å². The third-order valence-corrected chi connectivity index (χ3v) is 4.25. The molecule has 5 heteroatoms. The van der Waals surface area contributed by atoms with Gasteiger partial charge in [0.15, 0.2) is 5.96 Å². The average Bonchev–Trinajstić information content (AvgIpc) is 3.40. The molecule has 0 aromatic heterocycles. The Labute approximate surface area is 151 Å². The van der Waals surface area contributed by atoms with Crippen LogP contribution in [0.3, 0.4) is 0 Å². The Morgan fingerprint density at radius 1 is 1.08 bits per heavy atom. The number of nitrogens with zero attached hydrogens (tertiary/aromatic N) is 1. The first-order valence-corrected chi connectivity index (χ1v) is 9.29. The maximum atomic E-state index is 11.6. The van der Waals surface area contributed by atoms with E-state index < -0.39 is 0 Å². The van der Waals surface area contributed by atoms with Crippen LogP contribution in [-0.4, -0.2) is 31.5 Å². The van der Waals surface area contributed by atoms with Gasteiger partial charge in [0.2, 0.25) is 5.91 Å². The average molecular weight is 345 g/mol. The summed E-state index contributed by atoms with van der Waals surface area (Å²) in [6.45, 7) is 11.4. The highest BCUT2D eigenvalue weighted by molar-refractivity contribution is 5.81. The highest BCUT2D eigenvalue weighted by atomic mass is 16.2. The molecule has 5 nitrogen and oxygen atoms in total. The highest BCUT2D eigenvalue weighted by Gasteiger charge is 2.28. The summed E-state index contributed by atoms with van der Waals surface area (Å²) in [5.74, 6) is 1.23. The molecule has 0 heterocycles. The number of guanidine groups is 1. The van der Waals surface area contributed by atoms with Crippen LogP contribution in [0.25, 0.3) is 0 Å². The molecule has 1 aliphatic carbocycles. The van der Waals surface area contributed by atoms with E-state index in [1.54, 1.807) is 0 Å². The smallest absolute Gasteiger partial charge is 0.223 e. The van der Waals surface area contributed by atoms with E-state index in [4.69, 9.17) is 0 Å². The summed E-state index contributed by atoms with van der Waals surface area (Å²) >= 11 is 0. The largest absolute Gasteiger partial charge is 0.357 e. The zero-order chi connectivity index (χ0) is 18.3. The van der Waals surface area contributed by atoms with Gasteiger partial charge in [0.1, 0.15) is 0 Å². The number of benzene rings is 1. The van der Waals surface area contributed by atoms with Crippen LogP contribution in [0.4, 0.5) is 0 Å². The summed E-state index contributed by atoms with van der Waals surface area (Å²) in [6.07, 6.45) is 2.08. The molecule has 1 aromatic carbocycles. The minimum atomic E-state index is 0.170. The number of nitrogens with one attached hydrogen (secondary N) is 3. The second-order valence-corrected chi connectivity index (χ2v) is 7.63. The molecule has 0 bridgehead atoms. The van der Waals surface area contributed by atoms with E-state index in [1.807, 2.05) is 6.92 Å². The van der Waals surface area contributed by atoms with Crippen molar-refractivity contribution < 1.29 is 4.79 Å². The molecular weight excluding hydrogens is 312 g/mol. The number of hydrogen-bond donors (Lipinski definition) is 3. The minimum Gasteiger partial charge on any atom is -0.357 e. The van der Waals surface area contributed by atoms with E-state index >= 15 is 0 Å². The summed E-state index contributed by atoms with van der Waals surface area (Å²) in [6, 6.07) is 8.64. The van der Waals surface area contributed by atoms with E-state index in [0.29, 0.717) is 19.6 Å². The molecule has 0 atom stereocenters. The first-order valence-electron chi connectivity index (χ1n) is 9.29. The Bertz CT molecular complexity index is 583. The van der Waals surface area contributed by atoms with E-state index in [1.165, 1.54) is 11.1 Å². The summed E-state index contributed by atoms with van der Waals surface area (Å²) in [5.41, 5.74) is 2.69. The van der Waals surface area contributed by atoms with Crippen molar-refractivity contribution in [2.24, 2.45) is 10.9 Å². The van der Waals surface area contributed by atoms with Gasteiger partial charge in [0.05, 0.1) is 6.54 Å². The first kappa shape index (κ1) is 19.3. The van der Waals surface area contributed by atoms with Crippen molar-refractivity contribution >= 4 is 11.9 Å². The molecule has 25 heavy (non-hydrogen) atoms. The number of amides is 1. The quantitative estimate of drug-likeness (QED) is 0.405. The Hall–Kier alpha value is -2.04. The van der Waals surface area contributed by atoms with Gasteiger partial charge >= 0.3 is 0 Å².